The number of non-ortho nitro benzene ring substituents is 1. The number of hydrogen-bond acceptors (Lipinski definition) is 5. The van der Waals surface area contributed by atoms with Gasteiger partial charge in [0.1, 0.15) is 11.6 Å². The number of fused-ring (bicyclic) bond motifs is 1. The Bertz CT molecular complexity index is 699. The number of rotatable bonds is 4. The van der Waals surface area contributed by atoms with E-state index in [1.54, 1.807) is 0 Å². The normalized spacial score (nSPS) is 10.6. The van der Waals surface area contributed by atoms with Crippen molar-refractivity contribution in [3.8, 4) is 5.95 Å². The van der Waals surface area contributed by atoms with Gasteiger partial charge >= 0.3 is 11.6 Å². The molecular formula is C11H7BrClNO5. The maximum atomic E-state index is 11.8. The lowest BCUT2D eigenvalue weighted by Crippen LogP contribution is -2.05. The molecule has 0 aliphatic carbocycles. The Kier molecular flexibility index (Phi) is 4.06. The molecule has 0 fully saturated rings. The molecule has 2 rings (SSSR count). The average Bonchev–Trinajstić information content (AvgIpc) is 2.40. The Labute approximate surface area is 120 Å². The smallest absolute Gasteiger partial charge is 0.346 e. The van der Waals surface area contributed by atoms with Crippen molar-refractivity contribution in [3.63, 3.8) is 0 Å². The molecule has 0 aliphatic heterocycles. The van der Waals surface area contributed by atoms with Gasteiger partial charge in [0.25, 0.3) is 5.69 Å². The van der Waals surface area contributed by atoms with E-state index in [-0.39, 0.29) is 28.6 Å². The maximum Gasteiger partial charge on any atom is 0.346 e. The first-order valence-corrected chi connectivity index (χ1v) is 6.64. The van der Waals surface area contributed by atoms with E-state index < -0.39 is 10.5 Å². The summed E-state index contributed by atoms with van der Waals surface area (Å²) in [7, 11) is 0. The van der Waals surface area contributed by atoms with Crippen LogP contribution in [0.1, 0.15) is 0 Å². The second-order valence-electron chi connectivity index (χ2n) is 3.52. The van der Waals surface area contributed by atoms with Crippen LogP contribution in [-0.4, -0.2) is 16.9 Å². The van der Waals surface area contributed by atoms with Crippen molar-refractivity contribution in [2.45, 2.75) is 0 Å². The van der Waals surface area contributed by atoms with Crippen LogP contribution < -0.4 is 10.4 Å². The van der Waals surface area contributed by atoms with Gasteiger partial charge in [0, 0.05) is 22.8 Å². The van der Waals surface area contributed by atoms with Crippen molar-refractivity contribution >= 4 is 44.0 Å². The molecule has 8 heteroatoms. The molecule has 0 aliphatic rings. The van der Waals surface area contributed by atoms with E-state index in [9.17, 15) is 14.9 Å². The molecule has 0 bridgehead atoms. The SMILES string of the molecule is O=c1oc(OCCBr)c(Cl)c2ccc([N+](=O)[O-])cc12. The number of alkyl halides is 1. The lowest BCUT2D eigenvalue weighted by molar-refractivity contribution is -0.384. The average molecular weight is 349 g/mol. The summed E-state index contributed by atoms with van der Waals surface area (Å²) in [4.78, 5) is 21.8. The number of hydrogen-bond donors (Lipinski definition) is 0. The van der Waals surface area contributed by atoms with E-state index in [0.29, 0.717) is 10.7 Å². The molecule has 1 heterocycles. The largest absolute Gasteiger partial charge is 0.463 e. The van der Waals surface area contributed by atoms with Gasteiger partial charge < -0.3 is 9.15 Å². The van der Waals surface area contributed by atoms with Gasteiger partial charge in [0.05, 0.1) is 10.3 Å². The Morgan fingerprint density at radius 2 is 2.16 bits per heavy atom. The summed E-state index contributed by atoms with van der Waals surface area (Å²) in [6.07, 6.45) is 0. The Balaban J connectivity index is 2.63. The van der Waals surface area contributed by atoms with Crippen LogP contribution in [0.25, 0.3) is 10.8 Å². The van der Waals surface area contributed by atoms with E-state index in [0.717, 1.165) is 6.07 Å². The molecule has 0 unspecified atom stereocenters. The molecule has 0 saturated carbocycles. The second-order valence-corrected chi connectivity index (χ2v) is 4.69. The summed E-state index contributed by atoms with van der Waals surface area (Å²) in [5, 5.41) is 11.7. The highest BCUT2D eigenvalue weighted by atomic mass is 79.9. The lowest BCUT2D eigenvalue weighted by Gasteiger charge is -2.06. The van der Waals surface area contributed by atoms with E-state index in [4.69, 9.17) is 20.8 Å². The molecular weight excluding hydrogens is 341 g/mol. The van der Waals surface area contributed by atoms with Gasteiger partial charge in [-0.25, -0.2) is 4.79 Å². The van der Waals surface area contributed by atoms with Gasteiger partial charge in [-0.15, -0.1) is 0 Å². The second kappa shape index (κ2) is 5.58. The van der Waals surface area contributed by atoms with Crippen molar-refractivity contribution in [2.75, 3.05) is 11.9 Å². The monoisotopic (exact) mass is 347 g/mol. The minimum atomic E-state index is -0.729. The summed E-state index contributed by atoms with van der Waals surface area (Å²) in [6, 6.07) is 3.79. The summed E-state index contributed by atoms with van der Waals surface area (Å²) in [6.45, 7) is 0.279. The van der Waals surface area contributed by atoms with E-state index in [2.05, 4.69) is 15.9 Å². The van der Waals surface area contributed by atoms with E-state index in [1.165, 1.54) is 12.1 Å². The van der Waals surface area contributed by atoms with Crippen LogP contribution >= 0.6 is 27.5 Å². The predicted octanol–water partition coefficient (Wildman–Crippen LogP) is 3.13. The van der Waals surface area contributed by atoms with Crippen LogP contribution in [0.15, 0.2) is 27.4 Å². The third-order valence-corrected chi connectivity index (χ3v) is 3.03. The van der Waals surface area contributed by atoms with Crippen LogP contribution in [-0.2, 0) is 0 Å². The number of nitro groups is 1. The van der Waals surface area contributed by atoms with Crippen LogP contribution in [0.4, 0.5) is 5.69 Å². The molecule has 0 N–H and O–H groups in total. The van der Waals surface area contributed by atoms with Crippen LogP contribution in [0.3, 0.4) is 0 Å². The van der Waals surface area contributed by atoms with Gasteiger partial charge in [0.2, 0.25) is 0 Å². The van der Waals surface area contributed by atoms with Crippen LogP contribution in [0.2, 0.25) is 5.02 Å². The molecule has 100 valence electrons. The first kappa shape index (κ1) is 13.8. The molecule has 0 saturated heterocycles. The summed E-state index contributed by atoms with van der Waals surface area (Å²) in [5.74, 6) is -0.0903. The van der Waals surface area contributed by atoms with Gasteiger partial charge in [0.15, 0.2) is 0 Å². The quantitative estimate of drug-likeness (QED) is 0.481. The molecule has 1 aromatic heterocycles. The van der Waals surface area contributed by atoms with Gasteiger partial charge in [-0.3, -0.25) is 10.1 Å². The van der Waals surface area contributed by atoms with Crippen molar-refractivity contribution in [1.82, 2.24) is 0 Å². The summed E-state index contributed by atoms with van der Waals surface area (Å²) >= 11 is 9.20. The molecule has 0 radical (unpaired) electrons. The Morgan fingerprint density at radius 3 is 2.79 bits per heavy atom. The lowest BCUT2D eigenvalue weighted by atomic mass is 10.1. The molecule has 19 heavy (non-hydrogen) atoms. The zero-order chi connectivity index (χ0) is 14.0. The van der Waals surface area contributed by atoms with Crippen molar-refractivity contribution < 1.29 is 14.1 Å². The van der Waals surface area contributed by atoms with Crippen molar-refractivity contribution in [3.05, 3.63) is 43.8 Å². The fourth-order valence-electron chi connectivity index (χ4n) is 1.52. The van der Waals surface area contributed by atoms with Gasteiger partial charge in [-0.1, -0.05) is 27.5 Å². The van der Waals surface area contributed by atoms with Crippen LogP contribution in [0.5, 0.6) is 5.95 Å². The predicted molar refractivity (Wildman–Crippen MR) is 73.4 cm³/mol. The number of ether oxygens (including phenoxy) is 1. The fourth-order valence-corrected chi connectivity index (χ4v) is 1.94. The molecule has 0 atom stereocenters. The molecule has 6 nitrogen and oxygen atoms in total. The fraction of sp³-hybridized carbons (Fsp3) is 0.182. The highest BCUT2D eigenvalue weighted by Crippen LogP contribution is 2.32. The minimum absolute atomic E-state index is 0.0467. The number of nitrogens with zero attached hydrogens (tertiary/aromatic N) is 1. The summed E-state index contributed by atoms with van der Waals surface area (Å²) < 4.78 is 10.1. The van der Waals surface area contributed by atoms with Gasteiger partial charge in [-0.2, -0.15) is 0 Å². The Hall–Kier alpha value is -1.60. The van der Waals surface area contributed by atoms with E-state index in [1.807, 2.05) is 0 Å². The molecule has 0 amide bonds. The third kappa shape index (κ3) is 2.71. The minimum Gasteiger partial charge on any atom is -0.463 e. The first-order valence-electron chi connectivity index (χ1n) is 5.14. The molecule has 0 spiro atoms. The van der Waals surface area contributed by atoms with Gasteiger partial charge in [-0.05, 0) is 6.07 Å². The maximum absolute atomic E-state index is 11.8. The number of halogens is 2. The zero-order valence-electron chi connectivity index (χ0n) is 9.39. The number of benzene rings is 1. The Morgan fingerprint density at radius 1 is 1.42 bits per heavy atom. The third-order valence-electron chi connectivity index (χ3n) is 2.35. The first-order chi connectivity index (χ1) is 9.04. The van der Waals surface area contributed by atoms with Crippen LogP contribution in [0, 0.1) is 10.1 Å². The topological polar surface area (TPSA) is 82.6 Å². The summed E-state index contributed by atoms with van der Waals surface area (Å²) in [5.41, 5.74) is -0.933. The standard InChI is InChI=1S/C11H7BrClNO5/c12-3-4-18-11-9(13)7-2-1-6(14(16)17)5-8(7)10(15)19-11/h1-2,5H,3-4H2. The van der Waals surface area contributed by atoms with Crippen molar-refractivity contribution in [2.24, 2.45) is 0 Å². The molecule has 1 aromatic carbocycles. The van der Waals surface area contributed by atoms with Crippen molar-refractivity contribution in [1.29, 1.82) is 0 Å². The highest BCUT2D eigenvalue weighted by molar-refractivity contribution is 9.09. The number of nitro benzene ring substituents is 1. The highest BCUT2D eigenvalue weighted by Gasteiger charge is 2.16. The van der Waals surface area contributed by atoms with E-state index >= 15 is 0 Å². The molecule has 2 aromatic rings. The zero-order valence-corrected chi connectivity index (χ0v) is 11.7.